The molecule has 24 heavy (non-hydrogen) atoms. The van der Waals surface area contributed by atoms with E-state index in [4.69, 9.17) is 14.7 Å². The van der Waals surface area contributed by atoms with E-state index in [-0.39, 0.29) is 6.10 Å². The van der Waals surface area contributed by atoms with Gasteiger partial charge in [0, 0.05) is 31.7 Å². The molecule has 0 aliphatic carbocycles. The van der Waals surface area contributed by atoms with Crippen LogP contribution in [-0.4, -0.2) is 46.5 Å². The summed E-state index contributed by atoms with van der Waals surface area (Å²) >= 11 is 0. The highest BCUT2D eigenvalue weighted by atomic mass is 16.5. The van der Waals surface area contributed by atoms with E-state index in [1.807, 2.05) is 16.7 Å². The number of morpholine rings is 1. The van der Waals surface area contributed by atoms with Crippen molar-refractivity contribution in [3.63, 3.8) is 0 Å². The van der Waals surface area contributed by atoms with Crippen LogP contribution in [0.15, 0.2) is 24.5 Å². The second-order valence-corrected chi connectivity index (χ2v) is 5.71. The van der Waals surface area contributed by atoms with Gasteiger partial charge in [0.25, 0.3) is 0 Å². The van der Waals surface area contributed by atoms with Crippen LogP contribution in [0.4, 0.5) is 0 Å². The summed E-state index contributed by atoms with van der Waals surface area (Å²) in [5, 5.41) is 17.3. The maximum Gasteiger partial charge on any atom is 0.163 e. The van der Waals surface area contributed by atoms with Gasteiger partial charge in [0.2, 0.25) is 0 Å². The van der Waals surface area contributed by atoms with Crippen LogP contribution in [0.5, 0.6) is 5.75 Å². The lowest BCUT2D eigenvalue weighted by Crippen LogP contribution is -2.38. The number of methoxy groups -OCH3 is 1. The van der Waals surface area contributed by atoms with E-state index >= 15 is 0 Å². The van der Waals surface area contributed by atoms with Crippen molar-refractivity contribution in [2.45, 2.75) is 26.1 Å². The van der Waals surface area contributed by atoms with Crippen molar-refractivity contribution in [1.82, 2.24) is 19.7 Å². The number of ether oxygens (including phenoxy) is 2. The van der Waals surface area contributed by atoms with Gasteiger partial charge >= 0.3 is 0 Å². The lowest BCUT2D eigenvalue weighted by molar-refractivity contribution is -0.0390. The van der Waals surface area contributed by atoms with E-state index in [9.17, 15) is 0 Å². The first kappa shape index (κ1) is 16.4. The predicted octanol–water partition coefficient (Wildman–Crippen LogP) is 1.75. The van der Waals surface area contributed by atoms with E-state index in [2.05, 4.69) is 28.1 Å². The molecule has 0 radical (unpaired) electrons. The molecule has 7 heteroatoms. The largest absolute Gasteiger partial charge is 0.496 e. The highest BCUT2D eigenvalue weighted by molar-refractivity contribution is 5.42. The van der Waals surface area contributed by atoms with Gasteiger partial charge in [0.05, 0.1) is 25.3 Å². The molecule has 2 aromatic rings. The first-order chi connectivity index (χ1) is 11.7. The van der Waals surface area contributed by atoms with Crippen molar-refractivity contribution < 1.29 is 9.47 Å². The molecule has 1 atom stereocenters. The highest BCUT2D eigenvalue weighted by Gasteiger charge is 2.26. The number of aryl methyl sites for hydroxylation is 1. The molecule has 1 aromatic heterocycles. The molecule has 7 nitrogen and oxygen atoms in total. The Morgan fingerprint density at radius 3 is 3.08 bits per heavy atom. The molecule has 0 amide bonds. The fraction of sp³-hybridized carbons (Fsp3) is 0.471. The molecule has 1 aromatic carbocycles. The summed E-state index contributed by atoms with van der Waals surface area (Å²) in [6.07, 6.45) is 1.64. The standard InChI is InChI=1S/C17H21N5O2/c1-3-22-12-19-20-17(22)16-11-21(6-7-24-16)10-14-8-13(9-18)4-5-15(14)23-2/h4-5,8,12,16H,3,6-7,10-11H2,1-2H3/t16-/m1/s1. The lowest BCUT2D eigenvalue weighted by Gasteiger charge is -2.32. The Hall–Kier alpha value is -2.43. The zero-order valence-corrected chi connectivity index (χ0v) is 14.0. The minimum Gasteiger partial charge on any atom is -0.496 e. The normalized spacial score (nSPS) is 18.3. The fourth-order valence-electron chi connectivity index (χ4n) is 2.97. The summed E-state index contributed by atoms with van der Waals surface area (Å²) in [6.45, 7) is 5.79. The molecule has 0 unspecified atom stereocenters. The summed E-state index contributed by atoms with van der Waals surface area (Å²) in [7, 11) is 1.65. The number of benzene rings is 1. The Bertz CT molecular complexity index is 737. The van der Waals surface area contributed by atoms with Gasteiger partial charge < -0.3 is 14.0 Å². The maximum absolute atomic E-state index is 9.11. The predicted molar refractivity (Wildman–Crippen MR) is 87.4 cm³/mol. The van der Waals surface area contributed by atoms with Gasteiger partial charge in [0.15, 0.2) is 5.82 Å². The van der Waals surface area contributed by atoms with Crippen molar-refractivity contribution in [2.75, 3.05) is 26.8 Å². The summed E-state index contributed by atoms with van der Waals surface area (Å²) in [5.41, 5.74) is 1.65. The van der Waals surface area contributed by atoms with Crippen molar-refractivity contribution in [3.8, 4) is 11.8 Å². The van der Waals surface area contributed by atoms with Crippen LogP contribution in [0.2, 0.25) is 0 Å². The molecule has 0 bridgehead atoms. The average molecular weight is 327 g/mol. The molecule has 1 aliphatic rings. The Balaban J connectivity index is 1.75. The summed E-state index contributed by atoms with van der Waals surface area (Å²) in [5.74, 6) is 1.66. The van der Waals surface area contributed by atoms with Crippen molar-refractivity contribution >= 4 is 0 Å². The molecule has 2 heterocycles. The smallest absolute Gasteiger partial charge is 0.163 e. The van der Waals surface area contributed by atoms with Crippen LogP contribution in [0.1, 0.15) is 30.0 Å². The average Bonchev–Trinajstić information content (AvgIpc) is 3.10. The van der Waals surface area contributed by atoms with Crippen molar-refractivity contribution in [3.05, 3.63) is 41.5 Å². The van der Waals surface area contributed by atoms with Crippen molar-refractivity contribution in [2.24, 2.45) is 0 Å². The van der Waals surface area contributed by atoms with Crippen LogP contribution in [-0.2, 0) is 17.8 Å². The Kier molecular flexibility index (Phi) is 5.08. The number of rotatable bonds is 5. The quantitative estimate of drug-likeness (QED) is 0.833. The third-order valence-corrected chi connectivity index (χ3v) is 4.23. The molecule has 126 valence electrons. The Morgan fingerprint density at radius 2 is 2.33 bits per heavy atom. The summed E-state index contributed by atoms with van der Waals surface area (Å²) in [6, 6.07) is 7.69. The second-order valence-electron chi connectivity index (χ2n) is 5.71. The fourth-order valence-corrected chi connectivity index (χ4v) is 2.97. The van der Waals surface area contributed by atoms with Crippen LogP contribution in [0.25, 0.3) is 0 Å². The SMILES string of the molecule is CCn1cnnc1[C@H]1CN(Cc2cc(C#N)ccc2OC)CCO1. The lowest BCUT2D eigenvalue weighted by atomic mass is 10.1. The van der Waals surface area contributed by atoms with Gasteiger partial charge in [-0.1, -0.05) is 0 Å². The monoisotopic (exact) mass is 327 g/mol. The number of hydrogen-bond donors (Lipinski definition) is 0. The van der Waals surface area contributed by atoms with Gasteiger partial charge in [0.1, 0.15) is 18.2 Å². The summed E-state index contributed by atoms with van der Waals surface area (Å²) < 4.78 is 13.3. The molecule has 0 spiro atoms. The third kappa shape index (κ3) is 3.40. The van der Waals surface area contributed by atoms with Crippen LogP contribution < -0.4 is 4.74 Å². The highest BCUT2D eigenvalue weighted by Crippen LogP contribution is 2.25. The molecule has 0 N–H and O–H groups in total. The molecule has 0 saturated carbocycles. The molecular weight excluding hydrogens is 306 g/mol. The van der Waals surface area contributed by atoms with Gasteiger partial charge in [-0.05, 0) is 25.1 Å². The van der Waals surface area contributed by atoms with Crippen LogP contribution in [0, 0.1) is 11.3 Å². The zero-order chi connectivity index (χ0) is 16.9. The molecule has 1 saturated heterocycles. The Labute approximate surface area is 141 Å². The third-order valence-electron chi connectivity index (χ3n) is 4.23. The van der Waals surface area contributed by atoms with E-state index in [0.29, 0.717) is 18.7 Å². The first-order valence-electron chi connectivity index (χ1n) is 8.03. The molecular formula is C17H21N5O2. The maximum atomic E-state index is 9.11. The molecule has 1 fully saturated rings. The summed E-state index contributed by atoms with van der Waals surface area (Å²) in [4.78, 5) is 2.29. The van der Waals surface area contributed by atoms with Gasteiger partial charge in [-0.25, -0.2) is 0 Å². The number of aromatic nitrogens is 3. The number of hydrogen-bond acceptors (Lipinski definition) is 6. The van der Waals surface area contributed by atoms with Crippen LogP contribution >= 0.6 is 0 Å². The van der Waals surface area contributed by atoms with Crippen LogP contribution in [0.3, 0.4) is 0 Å². The molecule has 3 rings (SSSR count). The minimum atomic E-state index is -0.0913. The topological polar surface area (TPSA) is 76.2 Å². The first-order valence-corrected chi connectivity index (χ1v) is 8.03. The molecule has 1 aliphatic heterocycles. The van der Waals surface area contributed by atoms with E-state index < -0.39 is 0 Å². The number of nitrogens with zero attached hydrogens (tertiary/aromatic N) is 5. The second kappa shape index (κ2) is 7.43. The van der Waals surface area contributed by atoms with Gasteiger partial charge in [-0.15, -0.1) is 10.2 Å². The minimum absolute atomic E-state index is 0.0913. The van der Waals surface area contributed by atoms with Gasteiger partial charge in [-0.2, -0.15) is 5.26 Å². The zero-order valence-electron chi connectivity index (χ0n) is 14.0. The Morgan fingerprint density at radius 1 is 1.46 bits per heavy atom. The number of nitriles is 1. The van der Waals surface area contributed by atoms with Gasteiger partial charge in [-0.3, -0.25) is 4.90 Å². The van der Waals surface area contributed by atoms with E-state index in [0.717, 1.165) is 36.8 Å². The van der Waals surface area contributed by atoms with Crippen molar-refractivity contribution in [1.29, 1.82) is 5.26 Å². The van der Waals surface area contributed by atoms with E-state index in [1.165, 1.54) is 0 Å². The van der Waals surface area contributed by atoms with E-state index in [1.54, 1.807) is 19.5 Å².